The highest BCUT2D eigenvalue weighted by Gasteiger charge is 2.26. The van der Waals surface area contributed by atoms with Crippen LogP contribution >= 0.6 is 7.82 Å². The molecule has 0 saturated heterocycles. The van der Waals surface area contributed by atoms with Crippen LogP contribution in [0.3, 0.4) is 0 Å². The first-order valence-electron chi connectivity index (χ1n) is 23.1. The van der Waals surface area contributed by atoms with Crippen LogP contribution in [0.4, 0.5) is 0 Å². The van der Waals surface area contributed by atoms with Gasteiger partial charge in [0.05, 0.1) is 13.2 Å². The minimum atomic E-state index is -4.39. The van der Waals surface area contributed by atoms with E-state index in [0.29, 0.717) is 12.8 Å². The molecule has 9 nitrogen and oxygen atoms in total. The topological polar surface area (TPSA) is 134 Å². The lowest BCUT2D eigenvalue weighted by molar-refractivity contribution is -0.161. The van der Waals surface area contributed by atoms with Crippen molar-refractivity contribution >= 4 is 19.8 Å². The number of ether oxygens (including phenoxy) is 2. The fourth-order valence-corrected chi connectivity index (χ4v) is 7.03. The summed E-state index contributed by atoms with van der Waals surface area (Å²) in [7, 11) is -4.39. The van der Waals surface area contributed by atoms with Crippen LogP contribution in [0.1, 0.15) is 206 Å². The second kappa shape index (κ2) is 43.5. The molecule has 0 heterocycles. The number of esters is 2. The summed E-state index contributed by atoms with van der Waals surface area (Å²) in [5, 5.41) is 0. The molecule has 57 heavy (non-hydrogen) atoms. The van der Waals surface area contributed by atoms with E-state index in [1.807, 2.05) is 0 Å². The van der Waals surface area contributed by atoms with Gasteiger partial charge in [-0.3, -0.25) is 18.6 Å². The fraction of sp³-hybridized carbons (Fsp3) is 0.787. The molecule has 0 aromatic rings. The maximum atomic E-state index is 12.6. The number of phosphoric acid groups is 1. The molecular formula is C47H86NO8P. The fourth-order valence-electron chi connectivity index (χ4n) is 6.27. The molecule has 1 unspecified atom stereocenters. The zero-order chi connectivity index (χ0) is 41.8. The van der Waals surface area contributed by atoms with Gasteiger partial charge in [-0.25, -0.2) is 4.57 Å². The molecule has 0 fully saturated rings. The van der Waals surface area contributed by atoms with Crippen molar-refractivity contribution in [2.45, 2.75) is 213 Å². The normalized spacial score (nSPS) is 13.7. The van der Waals surface area contributed by atoms with Crippen molar-refractivity contribution in [2.24, 2.45) is 5.73 Å². The average molecular weight is 824 g/mol. The molecule has 0 rings (SSSR count). The molecule has 0 spiro atoms. The predicted octanol–water partition coefficient (Wildman–Crippen LogP) is 13.5. The van der Waals surface area contributed by atoms with Crippen LogP contribution in [-0.2, 0) is 32.7 Å². The van der Waals surface area contributed by atoms with E-state index in [9.17, 15) is 19.0 Å². The molecule has 0 saturated carbocycles. The second-order valence-electron chi connectivity index (χ2n) is 15.3. The summed E-state index contributed by atoms with van der Waals surface area (Å²) >= 11 is 0. The highest BCUT2D eigenvalue weighted by atomic mass is 31.2. The molecular weight excluding hydrogens is 737 g/mol. The summed E-state index contributed by atoms with van der Waals surface area (Å²) in [6, 6.07) is 0. The Morgan fingerprint density at radius 3 is 1.39 bits per heavy atom. The van der Waals surface area contributed by atoms with Crippen LogP contribution in [-0.4, -0.2) is 49.3 Å². The highest BCUT2D eigenvalue weighted by Crippen LogP contribution is 2.43. The number of carbonyl (C=O) groups is 2. The molecule has 0 aliphatic carbocycles. The second-order valence-corrected chi connectivity index (χ2v) is 16.7. The minimum absolute atomic E-state index is 0.0485. The van der Waals surface area contributed by atoms with Gasteiger partial charge in [0.1, 0.15) is 6.61 Å². The Labute approximate surface area is 349 Å². The van der Waals surface area contributed by atoms with E-state index in [1.54, 1.807) is 0 Å². The molecule has 3 N–H and O–H groups in total. The van der Waals surface area contributed by atoms with E-state index in [2.05, 4.69) is 62.5 Å². The lowest BCUT2D eigenvalue weighted by Crippen LogP contribution is -2.29. The predicted molar refractivity (Wildman–Crippen MR) is 238 cm³/mol. The van der Waals surface area contributed by atoms with E-state index >= 15 is 0 Å². The first-order valence-corrected chi connectivity index (χ1v) is 24.6. The summed E-state index contributed by atoms with van der Waals surface area (Å²) in [5.74, 6) is -0.860. The summed E-state index contributed by atoms with van der Waals surface area (Å²) in [4.78, 5) is 34.9. The SMILES string of the molecule is CCCCC/C=C\C/C=C\C/C=C\C/C=C\CCCCCC(=O)OC[C@H](COP(=O)(O)OCCN)OC(=O)CCCCCCCCCCCCCCCCCCC. The van der Waals surface area contributed by atoms with E-state index in [0.717, 1.165) is 51.4 Å². The standard InChI is InChI=1S/C47H86NO8P/c1-3-5-7-9-11-13-15-17-19-21-22-24-25-27-29-31-33-35-37-39-46(49)53-43-45(44-55-57(51,52)54-42-41-48)56-47(50)40-38-36-34-32-30-28-26-23-20-18-16-14-12-10-8-6-4-2/h11,13,17,19,22,24,27,29,45H,3-10,12,14-16,18,20-21,23,25-26,28,30-44,48H2,1-2H3,(H,51,52)/b13-11-,19-17-,24-22-,29-27-/t45-/m1/s1. The van der Waals surface area contributed by atoms with Gasteiger partial charge < -0.3 is 20.1 Å². The Bertz CT molecular complexity index is 1080. The van der Waals surface area contributed by atoms with Gasteiger partial charge in [-0.1, -0.05) is 184 Å². The Hall–Kier alpha value is -2.03. The number of phosphoric ester groups is 1. The smallest absolute Gasteiger partial charge is 0.462 e. The number of nitrogens with two attached hydrogens (primary N) is 1. The lowest BCUT2D eigenvalue weighted by atomic mass is 10.0. The van der Waals surface area contributed by atoms with Crippen molar-refractivity contribution in [3.8, 4) is 0 Å². The third-order valence-corrected chi connectivity index (χ3v) is 10.7. The third-order valence-electron chi connectivity index (χ3n) is 9.72. The quantitative estimate of drug-likeness (QED) is 0.0267. The van der Waals surface area contributed by atoms with Crippen molar-refractivity contribution in [1.29, 1.82) is 0 Å². The first-order chi connectivity index (χ1) is 27.8. The van der Waals surface area contributed by atoms with Gasteiger partial charge >= 0.3 is 19.8 Å². The third kappa shape index (κ3) is 43.4. The molecule has 0 aromatic carbocycles. The first kappa shape index (κ1) is 55.0. The van der Waals surface area contributed by atoms with E-state index in [-0.39, 0.29) is 32.6 Å². The zero-order valence-electron chi connectivity index (χ0n) is 36.6. The van der Waals surface area contributed by atoms with Crippen molar-refractivity contribution < 1.29 is 37.6 Å². The van der Waals surface area contributed by atoms with Gasteiger partial charge in [0.15, 0.2) is 6.10 Å². The summed E-state index contributed by atoms with van der Waals surface area (Å²) in [5.41, 5.74) is 5.35. The van der Waals surface area contributed by atoms with E-state index in [4.69, 9.17) is 24.3 Å². The summed E-state index contributed by atoms with van der Waals surface area (Å²) in [6.07, 6.45) is 49.9. The molecule has 0 bridgehead atoms. The van der Waals surface area contributed by atoms with Gasteiger partial charge in [-0.15, -0.1) is 0 Å². The molecule has 2 atom stereocenters. The average Bonchev–Trinajstić information content (AvgIpc) is 3.20. The van der Waals surface area contributed by atoms with Gasteiger partial charge in [0.2, 0.25) is 0 Å². The molecule has 10 heteroatoms. The van der Waals surface area contributed by atoms with Crippen LogP contribution in [0.25, 0.3) is 0 Å². The minimum Gasteiger partial charge on any atom is -0.462 e. The monoisotopic (exact) mass is 824 g/mol. The van der Waals surface area contributed by atoms with Crippen LogP contribution in [0.15, 0.2) is 48.6 Å². The lowest BCUT2D eigenvalue weighted by Gasteiger charge is -2.19. The molecule has 0 aromatic heterocycles. The zero-order valence-corrected chi connectivity index (χ0v) is 37.5. The number of rotatable bonds is 43. The Balaban J connectivity index is 4.17. The molecule has 0 aliphatic rings. The summed E-state index contributed by atoms with van der Waals surface area (Å²) < 4.78 is 32.8. The maximum Gasteiger partial charge on any atom is 0.472 e. The van der Waals surface area contributed by atoms with Crippen LogP contribution in [0, 0.1) is 0 Å². The van der Waals surface area contributed by atoms with Crippen molar-refractivity contribution in [3.05, 3.63) is 48.6 Å². The molecule has 0 amide bonds. The molecule has 0 aliphatic heterocycles. The van der Waals surface area contributed by atoms with Gasteiger partial charge in [0, 0.05) is 19.4 Å². The van der Waals surface area contributed by atoms with Gasteiger partial charge in [-0.2, -0.15) is 0 Å². The Kier molecular flexibility index (Phi) is 42.0. The number of carbonyl (C=O) groups excluding carboxylic acids is 2. The number of hydrogen-bond acceptors (Lipinski definition) is 8. The Morgan fingerprint density at radius 2 is 0.912 bits per heavy atom. The van der Waals surface area contributed by atoms with Crippen LogP contribution < -0.4 is 5.73 Å². The Morgan fingerprint density at radius 1 is 0.526 bits per heavy atom. The number of hydrogen-bond donors (Lipinski definition) is 2. The number of allylic oxidation sites excluding steroid dienone is 8. The van der Waals surface area contributed by atoms with Gasteiger partial charge in [0.25, 0.3) is 0 Å². The number of unbranched alkanes of at least 4 members (excludes halogenated alkanes) is 22. The van der Waals surface area contributed by atoms with Crippen molar-refractivity contribution in [1.82, 2.24) is 0 Å². The van der Waals surface area contributed by atoms with Crippen molar-refractivity contribution in [2.75, 3.05) is 26.4 Å². The largest absolute Gasteiger partial charge is 0.472 e. The van der Waals surface area contributed by atoms with Gasteiger partial charge in [-0.05, 0) is 57.8 Å². The van der Waals surface area contributed by atoms with Crippen LogP contribution in [0.2, 0.25) is 0 Å². The highest BCUT2D eigenvalue weighted by molar-refractivity contribution is 7.47. The van der Waals surface area contributed by atoms with Crippen LogP contribution in [0.5, 0.6) is 0 Å². The summed E-state index contributed by atoms with van der Waals surface area (Å²) in [6.45, 7) is 3.68. The van der Waals surface area contributed by atoms with E-state index in [1.165, 1.54) is 116 Å². The van der Waals surface area contributed by atoms with Crippen molar-refractivity contribution in [3.63, 3.8) is 0 Å². The molecule has 332 valence electrons. The van der Waals surface area contributed by atoms with E-state index < -0.39 is 32.5 Å². The molecule has 0 radical (unpaired) electrons. The maximum absolute atomic E-state index is 12.6.